The second-order valence-electron chi connectivity index (χ2n) is 6.92. The first-order chi connectivity index (χ1) is 15.3. The number of nitrogens with zero attached hydrogens (tertiary/aromatic N) is 1. The summed E-state index contributed by atoms with van der Waals surface area (Å²) in [4.78, 5) is 48.3. The second kappa shape index (κ2) is 9.82. The zero-order chi connectivity index (χ0) is 23.3. The van der Waals surface area contributed by atoms with Crippen molar-refractivity contribution in [1.82, 2.24) is 5.43 Å². The molecule has 3 amide bonds. The molecule has 0 bridgehead atoms. The van der Waals surface area contributed by atoms with E-state index in [0.29, 0.717) is 22.9 Å². The van der Waals surface area contributed by atoms with Crippen LogP contribution in [0.1, 0.15) is 30.1 Å². The third kappa shape index (κ3) is 5.15. The summed E-state index contributed by atoms with van der Waals surface area (Å²) in [6.07, 6.45) is -0.816. The van der Waals surface area contributed by atoms with E-state index < -0.39 is 18.0 Å². The first kappa shape index (κ1) is 22.6. The molecule has 1 aliphatic heterocycles. The number of esters is 1. The number of nitrogens with one attached hydrogen (secondary N) is 2. The van der Waals surface area contributed by atoms with Crippen LogP contribution in [0.4, 0.5) is 11.4 Å². The molecule has 1 saturated heterocycles. The van der Waals surface area contributed by atoms with Crippen molar-refractivity contribution in [3.05, 3.63) is 48.0 Å². The van der Waals surface area contributed by atoms with Crippen molar-refractivity contribution in [3.63, 3.8) is 0 Å². The number of carbonyl (C=O) groups excluding carboxylic acids is 4. The van der Waals surface area contributed by atoms with Crippen LogP contribution in [0, 0.1) is 0 Å². The number of anilines is 2. The Balaban J connectivity index is 1.60. The Morgan fingerprint density at radius 2 is 1.69 bits per heavy atom. The Morgan fingerprint density at radius 1 is 1.00 bits per heavy atom. The summed E-state index contributed by atoms with van der Waals surface area (Å²) in [5, 5.41) is 3.79. The number of hydrogen-bond donors (Lipinski definition) is 2. The van der Waals surface area contributed by atoms with E-state index in [1.165, 1.54) is 45.4 Å². The van der Waals surface area contributed by atoms with Crippen LogP contribution < -0.4 is 25.2 Å². The monoisotopic (exact) mass is 441 g/mol. The van der Waals surface area contributed by atoms with Gasteiger partial charge in [-0.05, 0) is 43.3 Å². The quantitative estimate of drug-likeness (QED) is 0.630. The summed E-state index contributed by atoms with van der Waals surface area (Å²) in [5.41, 5.74) is 3.53. The van der Waals surface area contributed by atoms with Crippen molar-refractivity contribution < 1.29 is 33.4 Å². The molecule has 1 aliphatic rings. The number of carbonyl (C=O) groups is 4. The summed E-state index contributed by atoms with van der Waals surface area (Å²) in [6.45, 7) is 1.45. The van der Waals surface area contributed by atoms with Crippen molar-refractivity contribution in [2.45, 2.75) is 25.9 Å². The predicted octanol–water partition coefficient (Wildman–Crippen LogP) is 2.05. The lowest BCUT2D eigenvalue weighted by Crippen LogP contribution is -2.50. The van der Waals surface area contributed by atoms with E-state index in [9.17, 15) is 19.2 Å². The third-order valence-electron chi connectivity index (χ3n) is 4.72. The van der Waals surface area contributed by atoms with Crippen molar-refractivity contribution in [2.24, 2.45) is 0 Å². The molecule has 168 valence electrons. The van der Waals surface area contributed by atoms with Crippen LogP contribution >= 0.6 is 0 Å². The molecule has 2 N–H and O–H groups in total. The Labute approximate surface area is 184 Å². The lowest BCUT2D eigenvalue weighted by Gasteiger charge is -2.27. The Hall–Kier alpha value is -4.08. The van der Waals surface area contributed by atoms with Gasteiger partial charge in [0.05, 0.1) is 25.5 Å². The topological polar surface area (TPSA) is 123 Å². The molecule has 1 atom stereocenters. The number of hydrazine groups is 1. The van der Waals surface area contributed by atoms with Crippen LogP contribution in [-0.2, 0) is 19.1 Å². The molecule has 0 saturated carbocycles. The summed E-state index contributed by atoms with van der Waals surface area (Å²) in [6, 6.07) is 10.8. The van der Waals surface area contributed by atoms with Gasteiger partial charge in [-0.3, -0.25) is 19.8 Å². The highest BCUT2D eigenvalue weighted by molar-refractivity contribution is 6.02. The Kier molecular flexibility index (Phi) is 6.93. The fourth-order valence-electron chi connectivity index (χ4n) is 2.97. The van der Waals surface area contributed by atoms with Gasteiger partial charge in [0.2, 0.25) is 11.8 Å². The lowest BCUT2D eigenvalue weighted by molar-refractivity contribution is -0.130. The number of methoxy groups -OCH3 is 2. The maximum Gasteiger partial charge on any atom is 0.338 e. The molecule has 3 rings (SSSR count). The van der Waals surface area contributed by atoms with Crippen LogP contribution in [0.3, 0.4) is 0 Å². The van der Waals surface area contributed by atoms with E-state index in [0.717, 1.165) is 5.01 Å². The minimum atomic E-state index is -1.07. The van der Waals surface area contributed by atoms with Crippen molar-refractivity contribution >= 4 is 35.1 Å². The Bertz CT molecular complexity index is 1040. The predicted molar refractivity (Wildman–Crippen MR) is 114 cm³/mol. The van der Waals surface area contributed by atoms with Gasteiger partial charge in [-0.25, -0.2) is 9.80 Å². The molecule has 32 heavy (non-hydrogen) atoms. The average Bonchev–Trinajstić information content (AvgIpc) is 2.80. The number of benzene rings is 2. The second-order valence-corrected chi connectivity index (χ2v) is 6.92. The summed E-state index contributed by atoms with van der Waals surface area (Å²) < 4.78 is 15.6. The van der Waals surface area contributed by atoms with E-state index in [4.69, 9.17) is 14.2 Å². The fraction of sp³-hybridized carbons (Fsp3) is 0.273. The van der Waals surface area contributed by atoms with Gasteiger partial charge in [0.25, 0.3) is 5.91 Å². The van der Waals surface area contributed by atoms with Gasteiger partial charge in [-0.15, -0.1) is 0 Å². The van der Waals surface area contributed by atoms with Crippen LogP contribution in [0.25, 0.3) is 0 Å². The molecule has 1 heterocycles. The molecular formula is C22H23N3O7. The Morgan fingerprint density at radius 3 is 2.34 bits per heavy atom. The number of ether oxygens (including phenoxy) is 3. The smallest absolute Gasteiger partial charge is 0.338 e. The molecule has 1 fully saturated rings. The van der Waals surface area contributed by atoms with Crippen LogP contribution in [0.2, 0.25) is 0 Å². The summed E-state index contributed by atoms with van der Waals surface area (Å²) in [5.74, 6) is -0.787. The fourth-order valence-corrected chi connectivity index (χ4v) is 2.97. The van der Waals surface area contributed by atoms with Gasteiger partial charge in [-0.1, -0.05) is 0 Å². The first-order valence-corrected chi connectivity index (χ1v) is 9.78. The normalized spacial score (nSPS) is 14.3. The van der Waals surface area contributed by atoms with Crippen molar-refractivity contribution in [1.29, 1.82) is 0 Å². The van der Waals surface area contributed by atoms with Crippen LogP contribution in [0.15, 0.2) is 42.5 Å². The zero-order valence-corrected chi connectivity index (χ0v) is 17.8. The molecular weight excluding hydrogens is 418 g/mol. The zero-order valence-electron chi connectivity index (χ0n) is 17.8. The number of amides is 3. The minimum Gasteiger partial charge on any atom is -0.493 e. The average molecular weight is 441 g/mol. The van der Waals surface area contributed by atoms with Crippen molar-refractivity contribution in [2.75, 3.05) is 24.5 Å². The number of rotatable bonds is 7. The minimum absolute atomic E-state index is 0.113. The number of hydrogen-bond acceptors (Lipinski definition) is 7. The van der Waals surface area contributed by atoms with E-state index in [1.54, 1.807) is 18.2 Å². The third-order valence-corrected chi connectivity index (χ3v) is 4.72. The standard InChI is InChI=1S/C22H23N3O7/c1-13(21(28)23-15-6-9-17(30-2)18(12-15)31-3)32-22(29)14-4-7-16(8-5-14)25-20(27)11-10-19(26)24-25/h4-9,12-13H,10-11H2,1-3H3,(H,23,28)(H,24,26). The molecule has 2 aromatic carbocycles. The molecule has 0 aromatic heterocycles. The molecule has 0 radical (unpaired) electrons. The van der Waals surface area contributed by atoms with Gasteiger partial charge < -0.3 is 19.5 Å². The molecule has 2 aromatic rings. The molecule has 0 spiro atoms. The van der Waals surface area contributed by atoms with E-state index in [2.05, 4.69) is 10.7 Å². The van der Waals surface area contributed by atoms with E-state index >= 15 is 0 Å². The van der Waals surface area contributed by atoms with Gasteiger partial charge in [0, 0.05) is 24.6 Å². The molecule has 10 nitrogen and oxygen atoms in total. The maximum atomic E-state index is 12.4. The van der Waals surface area contributed by atoms with Gasteiger partial charge >= 0.3 is 5.97 Å². The summed E-state index contributed by atoms with van der Waals surface area (Å²) >= 11 is 0. The van der Waals surface area contributed by atoms with Crippen LogP contribution in [-0.4, -0.2) is 44.0 Å². The maximum absolute atomic E-state index is 12.4. The highest BCUT2D eigenvalue weighted by Gasteiger charge is 2.25. The largest absolute Gasteiger partial charge is 0.493 e. The van der Waals surface area contributed by atoms with E-state index in [-0.39, 0.29) is 30.2 Å². The highest BCUT2D eigenvalue weighted by Crippen LogP contribution is 2.29. The molecule has 1 unspecified atom stereocenters. The lowest BCUT2D eigenvalue weighted by atomic mass is 10.1. The summed E-state index contributed by atoms with van der Waals surface area (Å²) in [7, 11) is 2.98. The highest BCUT2D eigenvalue weighted by atomic mass is 16.5. The van der Waals surface area contributed by atoms with E-state index in [1.807, 2.05) is 0 Å². The van der Waals surface area contributed by atoms with Crippen molar-refractivity contribution in [3.8, 4) is 11.5 Å². The van der Waals surface area contributed by atoms with Gasteiger partial charge in [0.15, 0.2) is 17.6 Å². The molecule has 10 heteroatoms. The SMILES string of the molecule is COc1ccc(NC(=O)C(C)OC(=O)c2ccc(N3NC(=O)CCC3=O)cc2)cc1OC. The van der Waals surface area contributed by atoms with Gasteiger partial charge in [0.1, 0.15) is 0 Å². The first-order valence-electron chi connectivity index (χ1n) is 9.78. The molecule has 0 aliphatic carbocycles. The van der Waals surface area contributed by atoms with Crippen LogP contribution in [0.5, 0.6) is 11.5 Å². The van der Waals surface area contributed by atoms with Gasteiger partial charge in [-0.2, -0.15) is 0 Å².